The third-order valence-electron chi connectivity index (χ3n) is 1.49. The van der Waals surface area contributed by atoms with E-state index in [1.807, 2.05) is 10.3 Å². The van der Waals surface area contributed by atoms with E-state index in [1.54, 1.807) is 12.1 Å². The molecule has 1 amide bonds. The third kappa shape index (κ3) is 3.61. The average Bonchev–Trinajstić information content (AvgIpc) is 2.16. The number of benzene rings is 1. The van der Waals surface area contributed by atoms with Crippen LogP contribution in [0.15, 0.2) is 33.6 Å². The van der Waals surface area contributed by atoms with Crippen molar-refractivity contribution in [2.24, 2.45) is 0 Å². The minimum Gasteiger partial charge on any atom is -0.278 e. The molecule has 0 aromatic heterocycles. The van der Waals surface area contributed by atoms with Crippen molar-refractivity contribution < 1.29 is 13.2 Å². The Morgan fingerprint density at radius 2 is 1.80 bits per heavy atom. The molecule has 82 valence electrons. The number of rotatable bonds is 3. The molecule has 5 nitrogen and oxygen atoms in total. The Kier molecular flexibility index (Phi) is 3.83. The molecule has 7 heteroatoms. The van der Waals surface area contributed by atoms with E-state index >= 15 is 0 Å². The molecule has 1 aromatic carbocycles. The first-order valence-corrected chi connectivity index (χ1v) is 6.23. The van der Waals surface area contributed by atoms with Gasteiger partial charge in [-0.1, -0.05) is 15.9 Å². The lowest BCUT2D eigenvalue weighted by Crippen LogP contribution is -2.40. The summed E-state index contributed by atoms with van der Waals surface area (Å²) in [5, 5.41) is 0. The fraction of sp³-hybridized carbons (Fsp3) is 0.125. The second-order valence-electron chi connectivity index (χ2n) is 2.74. The van der Waals surface area contributed by atoms with Crippen LogP contribution in [0.2, 0.25) is 0 Å². The van der Waals surface area contributed by atoms with Crippen LogP contribution < -0.4 is 10.3 Å². The Morgan fingerprint density at radius 1 is 1.27 bits per heavy atom. The summed E-state index contributed by atoms with van der Waals surface area (Å²) in [6, 6.07) is 6.05. The highest BCUT2D eigenvalue weighted by atomic mass is 79.9. The number of carbonyl (C=O) groups is 1. The van der Waals surface area contributed by atoms with Crippen LogP contribution in [0.4, 0.5) is 0 Å². The first kappa shape index (κ1) is 12.2. The van der Waals surface area contributed by atoms with E-state index < -0.39 is 15.9 Å². The molecule has 0 aliphatic carbocycles. The number of amides is 1. The SMILES string of the molecule is CC(=O)NNS(=O)(=O)c1ccc(Br)cc1. The molecule has 0 aliphatic rings. The predicted molar refractivity (Wildman–Crippen MR) is 58.3 cm³/mol. The predicted octanol–water partition coefficient (Wildman–Crippen LogP) is 0.778. The standard InChI is InChI=1S/C8H9BrN2O3S/c1-6(12)10-11-15(13,14)8-4-2-7(9)3-5-8/h2-5,11H,1H3,(H,10,12). The summed E-state index contributed by atoms with van der Waals surface area (Å²) in [5.41, 5.74) is 2.01. The van der Waals surface area contributed by atoms with Crippen LogP contribution in [-0.2, 0) is 14.8 Å². The van der Waals surface area contributed by atoms with Crippen LogP contribution in [0.3, 0.4) is 0 Å². The van der Waals surface area contributed by atoms with Crippen molar-refractivity contribution in [3.8, 4) is 0 Å². The van der Waals surface area contributed by atoms with Gasteiger partial charge >= 0.3 is 0 Å². The molecule has 1 rings (SSSR count). The third-order valence-corrected chi connectivity index (χ3v) is 3.28. The lowest BCUT2D eigenvalue weighted by molar-refractivity contribution is -0.119. The normalized spacial score (nSPS) is 11.1. The first-order valence-electron chi connectivity index (χ1n) is 3.96. The quantitative estimate of drug-likeness (QED) is 0.809. The molecule has 0 atom stereocenters. The molecular formula is C8H9BrN2O3S. The van der Waals surface area contributed by atoms with E-state index in [0.717, 1.165) is 4.47 Å². The first-order chi connectivity index (χ1) is 6.92. The Hall–Kier alpha value is -0.920. The van der Waals surface area contributed by atoms with Gasteiger partial charge in [-0.05, 0) is 24.3 Å². The van der Waals surface area contributed by atoms with Gasteiger partial charge < -0.3 is 0 Å². The Bertz CT molecular complexity index is 455. The van der Waals surface area contributed by atoms with Crippen molar-refractivity contribution in [3.63, 3.8) is 0 Å². The smallest absolute Gasteiger partial charge is 0.257 e. The average molecular weight is 293 g/mol. The lowest BCUT2D eigenvalue weighted by Gasteiger charge is -2.06. The highest BCUT2D eigenvalue weighted by molar-refractivity contribution is 9.10. The molecule has 0 saturated heterocycles. The van der Waals surface area contributed by atoms with Crippen molar-refractivity contribution in [1.29, 1.82) is 0 Å². The van der Waals surface area contributed by atoms with E-state index in [1.165, 1.54) is 19.1 Å². The molecule has 0 aliphatic heterocycles. The van der Waals surface area contributed by atoms with Gasteiger partial charge in [-0.15, -0.1) is 4.83 Å². The van der Waals surface area contributed by atoms with Crippen LogP contribution in [0.25, 0.3) is 0 Å². The highest BCUT2D eigenvalue weighted by Gasteiger charge is 2.13. The van der Waals surface area contributed by atoms with Crippen LogP contribution >= 0.6 is 15.9 Å². The van der Waals surface area contributed by atoms with E-state index in [0.29, 0.717) is 0 Å². The van der Waals surface area contributed by atoms with Gasteiger partial charge in [0.25, 0.3) is 10.0 Å². The molecule has 2 N–H and O–H groups in total. The zero-order valence-electron chi connectivity index (χ0n) is 7.82. The van der Waals surface area contributed by atoms with Crippen molar-refractivity contribution >= 4 is 31.9 Å². The summed E-state index contributed by atoms with van der Waals surface area (Å²) in [7, 11) is -3.67. The maximum absolute atomic E-state index is 11.5. The zero-order chi connectivity index (χ0) is 11.5. The van der Waals surface area contributed by atoms with Crippen LogP contribution in [0, 0.1) is 0 Å². The highest BCUT2D eigenvalue weighted by Crippen LogP contribution is 2.13. The molecule has 0 radical (unpaired) electrons. The Morgan fingerprint density at radius 3 is 2.27 bits per heavy atom. The minimum atomic E-state index is -3.67. The zero-order valence-corrected chi connectivity index (χ0v) is 10.2. The number of sulfonamides is 1. The molecule has 0 fully saturated rings. The Balaban J connectivity index is 2.87. The monoisotopic (exact) mass is 292 g/mol. The maximum atomic E-state index is 11.5. The van der Waals surface area contributed by atoms with E-state index in [-0.39, 0.29) is 4.90 Å². The van der Waals surface area contributed by atoms with Gasteiger partial charge in [0, 0.05) is 11.4 Å². The summed E-state index contributed by atoms with van der Waals surface area (Å²) in [4.78, 5) is 12.6. The van der Waals surface area contributed by atoms with Crippen molar-refractivity contribution in [3.05, 3.63) is 28.7 Å². The fourth-order valence-electron chi connectivity index (χ4n) is 0.812. The van der Waals surface area contributed by atoms with Gasteiger partial charge in [-0.2, -0.15) is 0 Å². The number of hydrogen-bond donors (Lipinski definition) is 2. The molecule has 0 heterocycles. The summed E-state index contributed by atoms with van der Waals surface area (Å²) < 4.78 is 23.8. The topological polar surface area (TPSA) is 75.3 Å². The van der Waals surface area contributed by atoms with Gasteiger partial charge in [0.2, 0.25) is 5.91 Å². The fourth-order valence-corrected chi connectivity index (χ4v) is 1.97. The summed E-state index contributed by atoms with van der Waals surface area (Å²) in [5.74, 6) is -0.476. The number of hydrazine groups is 1. The van der Waals surface area contributed by atoms with E-state index in [2.05, 4.69) is 15.9 Å². The summed E-state index contributed by atoms with van der Waals surface area (Å²) in [6.45, 7) is 1.21. The number of hydrogen-bond acceptors (Lipinski definition) is 3. The van der Waals surface area contributed by atoms with Crippen molar-refractivity contribution in [1.82, 2.24) is 10.3 Å². The van der Waals surface area contributed by atoms with Crippen molar-refractivity contribution in [2.75, 3.05) is 0 Å². The van der Waals surface area contributed by atoms with Crippen LogP contribution in [0.5, 0.6) is 0 Å². The van der Waals surface area contributed by atoms with Gasteiger partial charge in [0.05, 0.1) is 4.90 Å². The molecule has 1 aromatic rings. The molecule has 0 spiro atoms. The second kappa shape index (κ2) is 4.73. The number of halogens is 1. The van der Waals surface area contributed by atoms with Gasteiger partial charge in [-0.3, -0.25) is 10.2 Å². The van der Waals surface area contributed by atoms with E-state index in [9.17, 15) is 13.2 Å². The molecule has 0 unspecified atom stereocenters. The molecule has 15 heavy (non-hydrogen) atoms. The van der Waals surface area contributed by atoms with Crippen LogP contribution in [0.1, 0.15) is 6.92 Å². The largest absolute Gasteiger partial charge is 0.278 e. The lowest BCUT2D eigenvalue weighted by atomic mass is 10.4. The number of carbonyl (C=O) groups excluding carboxylic acids is 1. The van der Waals surface area contributed by atoms with E-state index in [4.69, 9.17) is 0 Å². The summed E-state index contributed by atoms with van der Waals surface area (Å²) in [6.07, 6.45) is 0. The maximum Gasteiger partial charge on any atom is 0.257 e. The van der Waals surface area contributed by atoms with Crippen molar-refractivity contribution in [2.45, 2.75) is 11.8 Å². The molecule has 0 saturated carbocycles. The van der Waals surface area contributed by atoms with Crippen LogP contribution in [-0.4, -0.2) is 14.3 Å². The molecular weight excluding hydrogens is 284 g/mol. The summed E-state index contributed by atoms with van der Waals surface area (Å²) >= 11 is 3.19. The Labute approximate surface area is 96.0 Å². The minimum absolute atomic E-state index is 0.0828. The van der Waals surface area contributed by atoms with Gasteiger partial charge in [0.1, 0.15) is 0 Å². The molecule has 0 bridgehead atoms. The number of nitrogens with one attached hydrogen (secondary N) is 2. The second-order valence-corrected chi connectivity index (χ2v) is 5.34. The van der Waals surface area contributed by atoms with Gasteiger partial charge in [0.15, 0.2) is 0 Å². The van der Waals surface area contributed by atoms with Gasteiger partial charge in [-0.25, -0.2) is 8.42 Å².